The molecule has 22 heavy (non-hydrogen) atoms. The Morgan fingerprint density at radius 3 is 2.68 bits per heavy atom. The molecule has 1 amide bonds. The Labute approximate surface area is 129 Å². The highest BCUT2D eigenvalue weighted by atomic mass is 16.3. The zero-order valence-corrected chi connectivity index (χ0v) is 13.0. The molecule has 1 unspecified atom stereocenters. The number of aliphatic hydroxyl groups is 1. The van der Waals surface area contributed by atoms with Crippen molar-refractivity contribution < 1.29 is 9.90 Å². The summed E-state index contributed by atoms with van der Waals surface area (Å²) in [5.41, 5.74) is 0.465. The molecule has 0 aromatic carbocycles. The Kier molecular flexibility index (Phi) is 4.87. The monoisotopic (exact) mass is 303 g/mol. The Bertz CT molecular complexity index is 602. The number of carbonyl (C=O) groups is 1. The van der Waals surface area contributed by atoms with Gasteiger partial charge < -0.3 is 10.4 Å². The van der Waals surface area contributed by atoms with Gasteiger partial charge in [0.2, 0.25) is 0 Å². The first kappa shape index (κ1) is 16.1. The van der Waals surface area contributed by atoms with Crippen LogP contribution >= 0.6 is 0 Å². The number of aliphatic hydroxyl groups excluding tert-OH is 1. The number of carbonyl (C=O) groups excluding carboxylic acids is 1. The van der Waals surface area contributed by atoms with Gasteiger partial charge in [-0.3, -0.25) is 4.79 Å². The molecule has 0 fully saturated rings. The number of amides is 1. The number of hydrogen-bond acceptors (Lipinski definition) is 5. The highest BCUT2D eigenvalue weighted by Crippen LogP contribution is 2.20. The number of aromatic nitrogens is 4. The first-order chi connectivity index (χ1) is 10.4. The largest absolute Gasteiger partial charge is 0.394 e. The number of rotatable bonds is 5. The van der Waals surface area contributed by atoms with Gasteiger partial charge >= 0.3 is 0 Å². The van der Waals surface area contributed by atoms with E-state index in [-0.39, 0.29) is 24.0 Å². The predicted molar refractivity (Wildman–Crippen MR) is 81.6 cm³/mol. The summed E-state index contributed by atoms with van der Waals surface area (Å²) in [6.45, 7) is 6.11. The lowest BCUT2D eigenvalue weighted by molar-refractivity contribution is 0.0897. The molecule has 2 N–H and O–H groups in total. The van der Waals surface area contributed by atoms with Crippen molar-refractivity contribution in [3.63, 3.8) is 0 Å². The minimum Gasteiger partial charge on any atom is -0.394 e. The van der Waals surface area contributed by atoms with Crippen molar-refractivity contribution in [2.45, 2.75) is 33.2 Å². The summed E-state index contributed by atoms with van der Waals surface area (Å²) in [6, 6.07) is 3.09. The Morgan fingerprint density at radius 1 is 1.41 bits per heavy atom. The van der Waals surface area contributed by atoms with Gasteiger partial charge in [-0.25, -0.2) is 14.6 Å². The van der Waals surface area contributed by atoms with Gasteiger partial charge in [0.1, 0.15) is 12.7 Å². The third-order valence-corrected chi connectivity index (χ3v) is 3.08. The van der Waals surface area contributed by atoms with Gasteiger partial charge in [-0.2, -0.15) is 5.10 Å². The van der Waals surface area contributed by atoms with E-state index in [9.17, 15) is 9.90 Å². The van der Waals surface area contributed by atoms with Gasteiger partial charge in [0, 0.05) is 6.20 Å². The van der Waals surface area contributed by atoms with Crippen molar-refractivity contribution in [3.05, 3.63) is 36.5 Å². The van der Waals surface area contributed by atoms with Crippen molar-refractivity contribution in [1.82, 2.24) is 25.1 Å². The number of nitrogens with zero attached hydrogens (tertiary/aromatic N) is 4. The number of pyridine rings is 1. The van der Waals surface area contributed by atoms with E-state index in [1.165, 1.54) is 23.5 Å². The number of hydrogen-bond donors (Lipinski definition) is 2. The van der Waals surface area contributed by atoms with Gasteiger partial charge in [-0.05, 0) is 24.0 Å². The van der Waals surface area contributed by atoms with Crippen molar-refractivity contribution in [1.29, 1.82) is 0 Å². The average Bonchev–Trinajstić information content (AvgIpc) is 2.99. The van der Waals surface area contributed by atoms with Crippen LogP contribution in [0.3, 0.4) is 0 Å². The molecule has 1 atom stereocenters. The molecule has 0 aliphatic heterocycles. The van der Waals surface area contributed by atoms with E-state index in [1.807, 2.05) is 0 Å². The molecule has 2 aromatic rings. The Hall–Kier alpha value is -2.28. The lowest BCUT2D eigenvalue weighted by Gasteiger charge is -2.25. The van der Waals surface area contributed by atoms with Gasteiger partial charge in [0.05, 0.1) is 18.2 Å². The van der Waals surface area contributed by atoms with Crippen LogP contribution in [0.2, 0.25) is 0 Å². The summed E-state index contributed by atoms with van der Waals surface area (Å²) in [5, 5.41) is 16.2. The smallest absolute Gasteiger partial charge is 0.253 e. The lowest BCUT2D eigenvalue weighted by Crippen LogP contribution is -2.40. The fourth-order valence-electron chi connectivity index (χ4n) is 2.15. The lowest BCUT2D eigenvalue weighted by atomic mass is 9.88. The second kappa shape index (κ2) is 6.65. The molecular formula is C15H21N5O2. The summed E-state index contributed by atoms with van der Waals surface area (Å²) >= 11 is 0. The molecule has 0 saturated carbocycles. The van der Waals surface area contributed by atoms with Crippen LogP contribution in [0, 0.1) is 5.41 Å². The molecule has 0 aliphatic carbocycles. The molecule has 0 saturated heterocycles. The highest BCUT2D eigenvalue weighted by molar-refractivity contribution is 5.94. The second-order valence-corrected chi connectivity index (χ2v) is 6.36. The summed E-state index contributed by atoms with van der Waals surface area (Å²) in [4.78, 5) is 20.2. The quantitative estimate of drug-likeness (QED) is 0.865. The third kappa shape index (κ3) is 4.36. The molecule has 0 bridgehead atoms. The number of nitrogens with one attached hydrogen (secondary N) is 1. The van der Waals surface area contributed by atoms with Crippen LogP contribution in [0.1, 0.15) is 37.6 Å². The maximum absolute atomic E-state index is 12.2. The molecule has 0 aliphatic rings. The van der Waals surface area contributed by atoms with Gasteiger partial charge in [-0.15, -0.1) is 0 Å². The highest BCUT2D eigenvalue weighted by Gasteiger charge is 2.20. The van der Waals surface area contributed by atoms with E-state index in [2.05, 4.69) is 41.2 Å². The fourth-order valence-corrected chi connectivity index (χ4v) is 2.15. The SMILES string of the molecule is CC(C)(C)CC(CO)NC(=O)c1ccc(-n2cncn2)nc1. The van der Waals surface area contributed by atoms with Crippen LogP contribution in [-0.4, -0.2) is 43.4 Å². The van der Waals surface area contributed by atoms with Crippen molar-refractivity contribution in [2.24, 2.45) is 5.41 Å². The Balaban J connectivity index is 2.03. The predicted octanol–water partition coefficient (Wildman–Crippen LogP) is 1.19. The summed E-state index contributed by atoms with van der Waals surface area (Å²) < 4.78 is 1.51. The standard InChI is InChI=1S/C15H21N5O2/c1-15(2,3)6-12(8-21)19-14(22)11-4-5-13(17-7-11)20-10-16-9-18-20/h4-5,7,9-10,12,21H,6,8H2,1-3H3,(H,19,22). The van der Waals surface area contributed by atoms with E-state index in [0.29, 0.717) is 17.8 Å². The Morgan fingerprint density at radius 2 is 2.18 bits per heavy atom. The maximum atomic E-state index is 12.2. The zero-order chi connectivity index (χ0) is 16.2. The molecule has 0 spiro atoms. The maximum Gasteiger partial charge on any atom is 0.253 e. The molecule has 2 heterocycles. The fraction of sp³-hybridized carbons (Fsp3) is 0.467. The summed E-state index contributed by atoms with van der Waals surface area (Å²) in [6.07, 6.45) is 5.13. The first-order valence-corrected chi connectivity index (χ1v) is 7.12. The van der Waals surface area contributed by atoms with Crippen LogP contribution in [-0.2, 0) is 0 Å². The molecule has 2 aromatic heterocycles. The van der Waals surface area contributed by atoms with E-state index in [1.54, 1.807) is 12.1 Å². The van der Waals surface area contributed by atoms with E-state index >= 15 is 0 Å². The first-order valence-electron chi connectivity index (χ1n) is 7.12. The second-order valence-electron chi connectivity index (χ2n) is 6.36. The molecular weight excluding hydrogens is 282 g/mol. The third-order valence-electron chi connectivity index (χ3n) is 3.08. The molecule has 2 rings (SSSR count). The van der Waals surface area contributed by atoms with Crippen LogP contribution in [0.5, 0.6) is 0 Å². The van der Waals surface area contributed by atoms with Gasteiger partial charge in [0.25, 0.3) is 5.91 Å². The van der Waals surface area contributed by atoms with Crippen LogP contribution < -0.4 is 5.32 Å². The van der Waals surface area contributed by atoms with E-state index < -0.39 is 0 Å². The van der Waals surface area contributed by atoms with Crippen LogP contribution in [0.25, 0.3) is 5.82 Å². The minimum atomic E-state index is -0.275. The topological polar surface area (TPSA) is 92.9 Å². The average molecular weight is 303 g/mol. The molecule has 118 valence electrons. The van der Waals surface area contributed by atoms with E-state index in [0.717, 1.165) is 0 Å². The van der Waals surface area contributed by atoms with Gasteiger partial charge in [0.15, 0.2) is 5.82 Å². The molecule has 0 radical (unpaired) electrons. The minimum absolute atomic E-state index is 0.0237. The van der Waals surface area contributed by atoms with E-state index in [4.69, 9.17) is 0 Å². The summed E-state index contributed by atoms with van der Waals surface area (Å²) in [5.74, 6) is 0.336. The zero-order valence-electron chi connectivity index (χ0n) is 13.0. The molecule has 7 nitrogen and oxygen atoms in total. The molecule has 7 heteroatoms. The van der Waals surface area contributed by atoms with Crippen LogP contribution in [0.4, 0.5) is 0 Å². The van der Waals surface area contributed by atoms with Gasteiger partial charge in [-0.1, -0.05) is 20.8 Å². The summed E-state index contributed by atoms with van der Waals surface area (Å²) in [7, 11) is 0. The van der Waals surface area contributed by atoms with Crippen LogP contribution in [0.15, 0.2) is 31.0 Å². The normalized spacial score (nSPS) is 12.9. The van der Waals surface area contributed by atoms with Crippen molar-refractivity contribution >= 4 is 5.91 Å². The van der Waals surface area contributed by atoms with Crippen molar-refractivity contribution in [2.75, 3.05) is 6.61 Å². The van der Waals surface area contributed by atoms with Crippen molar-refractivity contribution in [3.8, 4) is 5.82 Å².